The van der Waals surface area contributed by atoms with Crippen LogP contribution >= 0.6 is 0 Å². The maximum atomic E-state index is 13.3. The number of aromatic hydroxyl groups is 1. The molecule has 124 valence electrons. The minimum absolute atomic E-state index is 0.0320. The predicted molar refractivity (Wildman–Crippen MR) is 90.9 cm³/mol. The monoisotopic (exact) mass is 328 g/mol. The first-order valence-electron chi connectivity index (χ1n) is 7.44. The van der Waals surface area contributed by atoms with E-state index in [0.717, 1.165) is 11.5 Å². The van der Waals surface area contributed by atoms with Gasteiger partial charge >= 0.3 is 0 Å². The molecule has 0 unspecified atom stereocenters. The molecule has 3 aromatic rings. The number of fused-ring (bicyclic) bond motifs is 1. The summed E-state index contributed by atoms with van der Waals surface area (Å²) in [7, 11) is 1.61. The van der Waals surface area contributed by atoms with Crippen molar-refractivity contribution in [3.63, 3.8) is 0 Å². The number of nitrogens with one attached hydrogen (secondary N) is 1. The Hall–Kier alpha value is -3.02. The van der Waals surface area contributed by atoms with Crippen LogP contribution in [0.25, 0.3) is 10.9 Å². The van der Waals surface area contributed by atoms with E-state index in [1.54, 1.807) is 13.2 Å². The molecule has 3 rings (SSSR count). The van der Waals surface area contributed by atoms with Crippen molar-refractivity contribution in [3.8, 4) is 17.4 Å². The highest BCUT2D eigenvalue weighted by atomic mass is 19.1. The summed E-state index contributed by atoms with van der Waals surface area (Å²) in [4.78, 5) is 7.01. The van der Waals surface area contributed by atoms with Crippen LogP contribution in [0.2, 0.25) is 0 Å². The van der Waals surface area contributed by atoms with E-state index in [2.05, 4.69) is 9.98 Å². The first-order valence-corrected chi connectivity index (χ1v) is 7.44. The molecule has 5 nitrogen and oxygen atoms in total. The first-order chi connectivity index (χ1) is 11.7. The maximum Gasteiger partial charge on any atom is 0.198 e. The fourth-order valence-electron chi connectivity index (χ4n) is 2.35. The third kappa shape index (κ3) is 3.48. The molecular weight excluding hydrogens is 311 g/mol. The van der Waals surface area contributed by atoms with E-state index in [-0.39, 0.29) is 11.7 Å². The second-order valence-corrected chi connectivity index (χ2v) is 5.14. The van der Waals surface area contributed by atoms with Crippen molar-refractivity contribution in [2.24, 2.45) is 4.99 Å². The Morgan fingerprint density at radius 3 is 2.67 bits per heavy atom. The Labute approximate surface area is 138 Å². The smallest absolute Gasteiger partial charge is 0.198 e. The molecule has 0 amide bonds. The van der Waals surface area contributed by atoms with Crippen LogP contribution in [0.5, 0.6) is 17.4 Å². The average molecular weight is 328 g/mol. The topological polar surface area (TPSA) is 66.8 Å². The van der Waals surface area contributed by atoms with Gasteiger partial charge in [0.25, 0.3) is 0 Å². The van der Waals surface area contributed by atoms with Crippen LogP contribution in [0.15, 0.2) is 47.5 Å². The van der Waals surface area contributed by atoms with Gasteiger partial charge in [0.1, 0.15) is 23.9 Å². The van der Waals surface area contributed by atoms with Crippen molar-refractivity contribution in [3.05, 3.63) is 53.8 Å². The van der Waals surface area contributed by atoms with Crippen molar-refractivity contribution in [2.45, 2.75) is 0 Å². The van der Waals surface area contributed by atoms with Crippen molar-refractivity contribution < 1.29 is 19.0 Å². The van der Waals surface area contributed by atoms with Gasteiger partial charge in [0.2, 0.25) is 0 Å². The molecule has 24 heavy (non-hydrogen) atoms. The molecule has 1 aromatic heterocycles. The lowest BCUT2D eigenvalue weighted by Gasteiger charge is -2.05. The normalized spacial score (nSPS) is 11.2. The molecule has 0 fully saturated rings. The highest BCUT2D eigenvalue weighted by Gasteiger charge is 2.09. The summed E-state index contributed by atoms with van der Waals surface area (Å²) in [5, 5.41) is 10.5. The van der Waals surface area contributed by atoms with E-state index in [0.29, 0.717) is 29.6 Å². The standard InChI is InChI=1S/C18H17FN2O3/c1-23-13-3-5-14(6-4-13)24-9-8-20-11-16-15-10-12(19)2-7-17(15)21-18(16)22/h2-7,10-11,21-22H,8-9H2,1H3. The van der Waals surface area contributed by atoms with Crippen molar-refractivity contribution in [1.29, 1.82) is 0 Å². The molecule has 0 bridgehead atoms. The molecule has 0 saturated heterocycles. The number of aliphatic imine (C=N–C) groups is 1. The number of methoxy groups -OCH3 is 1. The van der Waals surface area contributed by atoms with E-state index in [9.17, 15) is 9.50 Å². The Balaban J connectivity index is 1.60. The van der Waals surface area contributed by atoms with Gasteiger partial charge in [0.05, 0.1) is 19.2 Å². The van der Waals surface area contributed by atoms with E-state index >= 15 is 0 Å². The number of benzene rings is 2. The molecule has 0 spiro atoms. The Morgan fingerprint density at radius 1 is 1.17 bits per heavy atom. The number of nitrogens with zero attached hydrogens (tertiary/aromatic N) is 1. The SMILES string of the molecule is COc1ccc(OCCN=Cc2c(O)[nH]c3ccc(F)cc23)cc1. The fraction of sp³-hybridized carbons (Fsp3) is 0.167. The summed E-state index contributed by atoms with van der Waals surface area (Å²) in [6, 6.07) is 11.5. The second-order valence-electron chi connectivity index (χ2n) is 5.14. The second kappa shape index (κ2) is 7.04. The summed E-state index contributed by atoms with van der Waals surface area (Å²) < 4.78 is 24.0. The van der Waals surface area contributed by atoms with E-state index in [4.69, 9.17) is 9.47 Å². The number of H-pyrrole nitrogens is 1. The Kier molecular flexibility index (Phi) is 4.65. The number of hydrogen-bond donors (Lipinski definition) is 2. The first kappa shape index (κ1) is 15.9. The molecule has 2 N–H and O–H groups in total. The van der Waals surface area contributed by atoms with Gasteiger partial charge in [0.15, 0.2) is 5.88 Å². The number of aromatic amines is 1. The molecule has 0 aliphatic carbocycles. The largest absolute Gasteiger partial charge is 0.497 e. The molecule has 0 aliphatic heterocycles. The quantitative estimate of drug-likeness (QED) is 0.537. The van der Waals surface area contributed by atoms with Gasteiger partial charge in [-0.25, -0.2) is 4.39 Å². The van der Waals surface area contributed by atoms with Crippen LogP contribution in [0.4, 0.5) is 4.39 Å². The summed E-state index contributed by atoms with van der Waals surface area (Å²) >= 11 is 0. The number of aromatic nitrogens is 1. The lowest BCUT2D eigenvalue weighted by atomic mass is 10.2. The van der Waals surface area contributed by atoms with Crippen molar-refractivity contribution in [1.82, 2.24) is 4.98 Å². The van der Waals surface area contributed by atoms with E-state index in [1.165, 1.54) is 18.3 Å². The molecule has 1 heterocycles. The molecule has 6 heteroatoms. The third-order valence-corrected chi connectivity index (χ3v) is 3.55. The zero-order valence-electron chi connectivity index (χ0n) is 13.1. The molecular formula is C18H17FN2O3. The van der Waals surface area contributed by atoms with Crippen molar-refractivity contribution >= 4 is 17.1 Å². The van der Waals surface area contributed by atoms with Gasteiger partial charge in [-0.2, -0.15) is 0 Å². The number of halogens is 1. The van der Waals surface area contributed by atoms with Crippen LogP contribution in [0.3, 0.4) is 0 Å². The highest BCUT2D eigenvalue weighted by molar-refractivity contribution is 6.01. The number of rotatable bonds is 6. The molecule has 0 aliphatic rings. The number of hydrogen-bond acceptors (Lipinski definition) is 4. The highest BCUT2D eigenvalue weighted by Crippen LogP contribution is 2.26. The van der Waals surface area contributed by atoms with Crippen LogP contribution in [0, 0.1) is 5.82 Å². The lowest BCUT2D eigenvalue weighted by molar-refractivity contribution is 0.328. The summed E-state index contributed by atoms with van der Waals surface area (Å²) in [5.74, 6) is 1.10. The summed E-state index contributed by atoms with van der Waals surface area (Å²) in [6.45, 7) is 0.799. The predicted octanol–water partition coefficient (Wildman–Crippen LogP) is 3.52. The van der Waals surface area contributed by atoms with E-state index < -0.39 is 0 Å². The van der Waals surface area contributed by atoms with Gasteiger partial charge in [-0.05, 0) is 42.5 Å². The minimum Gasteiger partial charge on any atom is -0.497 e. The zero-order valence-corrected chi connectivity index (χ0v) is 13.1. The van der Waals surface area contributed by atoms with Gasteiger partial charge in [-0.15, -0.1) is 0 Å². The lowest BCUT2D eigenvalue weighted by Crippen LogP contribution is -2.01. The summed E-state index contributed by atoms with van der Waals surface area (Å²) in [5.41, 5.74) is 1.12. The fourth-order valence-corrected chi connectivity index (χ4v) is 2.35. The van der Waals surface area contributed by atoms with Crippen LogP contribution in [0.1, 0.15) is 5.56 Å². The molecule has 2 aromatic carbocycles. The Bertz CT molecular complexity index is 857. The van der Waals surface area contributed by atoms with Gasteiger partial charge in [-0.3, -0.25) is 4.99 Å². The maximum absolute atomic E-state index is 13.3. The number of ether oxygens (including phenoxy) is 2. The molecule has 0 atom stereocenters. The molecule has 0 saturated carbocycles. The third-order valence-electron chi connectivity index (χ3n) is 3.55. The molecule has 0 radical (unpaired) electrons. The van der Waals surface area contributed by atoms with Crippen LogP contribution < -0.4 is 9.47 Å². The van der Waals surface area contributed by atoms with Crippen molar-refractivity contribution in [2.75, 3.05) is 20.3 Å². The average Bonchev–Trinajstić information content (AvgIpc) is 2.90. The van der Waals surface area contributed by atoms with E-state index in [1.807, 2.05) is 24.3 Å². The van der Waals surface area contributed by atoms with Gasteiger partial charge in [-0.1, -0.05) is 0 Å². The Morgan fingerprint density at radius 2 is 1.92 bits per heavy atom. The zero-order chi connectivity index (χ0) is 16.9. The van der Waals surface area contributed by atoms with Gasteiger partial charge < -0.3 is 19.6 Å². The summed E-state index contributed by atoms with van der Waals surface area (Å²) in [6.07, 6.45) is 1.52. The van der Waals surface area contributed by atoms with Crippen LogP contribution in [-0.4, -0.2) is 36.6 Å². The van der Waals surface area contributed by atoms with Crippen LogP contribution in [-0.2, 0) is 0 Å². The minimum atomic E-state index is -0.362. The van der Waals surface area contributed by atoms with Gasteiger partial charge in [0, 0.05) is 17.1 Å².